The maximum absolute atomic E-state index is 13.3. The topological polar surface area (TPSA) is 66.5 Å². The van der Waals surface area contributed by atoms with E-state index in [1.165, 1.54) is 12.1 Å². The molecule has 8 heteroatoms. The molecule has 0 saturated heterocycles. The van der Waals surface area contributed by atoms with Crippen molar-refractivity contribution in [3.05, 3.63) is 87.9 Å². The first-order chi connectivity index (χ1) is 14.2. The minimum atomic E-state index is -3.98. The first-order valence-electron chi connectivity index (χ1n) is 9.09. The molecule has 0 bridgehead atoms. The number of rotatable bonds is 6. The van der Waals surface area contributed by atoms with Gasteiger partial charge in [0.05, 0.1) is 26.3 Å². The fourth-order valence-electron chi connectivity index (χ4n) is 2.84. The van der Waals surface area contributed by atoms with Gasteiger partial charge >= 0.3 is 0 Å². The molecule has 0 aromatic heterocycles. The van der Waals surface area contributed by atoms with Crippen molar-refractivity contribution < 1.29 is 13.2 Å². The third-order valence-corrected chi connectivity index (χ3v) is 7.23. The van der Waals surface area contributed by atoms with Gasteiger partial charge in [0.1, 0.15) is 6.54 Å². The molecule has 1 amide bonds. The standard InChI is InChI=1S/C22H20Cl2N2O3S/c1-15-11-12-17(13-16(15)2)26(30(28,29)18-7-4-3-5-8-18)14-21(27)25-20-10-6-9-19(23)22(20)24/h3-13H,14H2,1-2H3,(H,25,27). The third kappa shape index (κ3) is 4.78. The van der Waals surface area contributed by atoms with Gasteiger partial charge < -0.3 is 5.32 Å². The molecule has 0 saturated carbocycles. The molecule has 3 aromatic rings. The average molecular weight is 463 g/mol. The fraction of sp³-hybridized carbons (Fsp3) is 0.136. The molecule has 3 aromatic carbocycles. The molecular weight excluding hydrogens is 443 g/mol. The van der Waals surface area contributed by atoms with Crippen molar-refractivity contribution in [1.29, 1.82) is 0 Å². The van der Waals surface area contributed by atoms with E-state index in [-0.39, 0.29) is 14.9 Å². The highest BCUT2D eigenvalue weighted by molar-refractivity contribution is 7.92. The maximum atomic E-state index is 13.3. The third-order valence-electron chi connectivity index (χ3n) is 4.62. The van der Waals surface area contributed by atoms with Crippen molar-refractivity contribution >= 4 is 50.5 Å². The Bertz CT molecular complexity index is 1180. The number of nitrogens with one attached hydrogen (secondary N) is 1. The van der Waals surface area contributed by atoms with Crippen LogP contribution in [0, 0.1) is 13.8 Å². The molecule has 30 heavy (non-hydrogen) atoms. The quantitative estimate of drug-likeness (QED) is 0.529. The second-order valence-corrected chi connectivity index (χ2v) is 9.39. The van der Waals surface area contributed by atoms with E-state index < -0.39 is 22.5 Å². The summed E-state index contributed by atoms with van der Waals surface area (Å²) in [5, 5.41) is 3.12. The fourth-order valence-corrected chi connectivity index (χ4v) is 4.62. The van der Waals surface area contributed by atoms with Gasteiger partial charge in [0.15, 0.2) is 0 Å². The zero-order valence-corrected chi connectivity index (χ0v) is 18.7. The summed E-state index contributed by atoms with van der Waals surface area (Å²) < 4.78 is 27.8. The number of hydrogen-bond donors (Lipinski definition) is 1. The normalized spacial score (nSPS) is 11.2. The van der Waals surface area contributed by atoms with Crippen LogP contribution in [0.5, 0.6) is 0 Å². The lowest BCUT2D eigenvalue weighted by Crippen LogP contribution is -2.38. The highest BCUT2D eigenvalue weighted by Crippen LogP contribution is 2.30. The zero-order chi connectivity index (χ0) is 21.9. The first-order valence-corrected chi connectivity index (χ1v) is 11.3. The molecule has 0 radical (unpaired) electrons. The molecule has 3 rings (SSSR count). The van der Waals surface area contributed by atoms with E-state index in [0.29, 0.717) is 11.4 Å². The first kappa shape index (κ1) is 22.2. The summed E-state index contributed by atoms with van der Waals surface area (Å²) in [6.45, 7) is 3.39. The van der Waals surface area contributed by atoms with E-state index in [0.717, 1.165) is 15.4 Å². The number of benzene rings is 3. The summed E-state index contributed by atoms with van der Waals surface area (Å²) in [6.07, 6.45) is 0. The van der Waals surface area contributed by atoms with Crippen LogP contribution in [0.2, 0.25) is 10.0 Å². The van der Waals surface area contributed by atoms with E-state index in [2.05, 4.69) is 5.32 Å². The van der Waals surface area contributed by atoms with Gasteiger partial charge in [0.25, 0.3) is 10.0 Å². The summed E-state index contributed by atoms with van der Waals surface area (Å²) in [6, 6.07) is 18.1. The van der Waals surface area contributed by atoms with Crippen molar-refractivity contribution in [3.63, 3.8) is 0 Å². The number of halogens is 2. The number of carbonyl (C=O) groups excluding carboxylic acids is 1. The monoisotopic (exact) mass is 462 g/mol. The van der Waals surface area contributed by atoms with Crippen LogP contribution in [0.25, 0.3) is 0 Å². The lowest BCUT2D eigenvalue weighted by molar-refractivity contribution is -0.114. The van der Waals surface area contributed by atoms with E-state index in [9.17, 15) is 13.2 Å². The Balaban J connectivity index is 1.98. The molecule has 0 unspecified atom stereocenters. The number of hydrogen-bond acceptors (Lipinski definition) is 3. The van der Waals surface area contributed by atoms with Gasteiger partial charge in [0, 0.05) is 0 Å². The van der Waals surface area contributed by atoms with E-state index >= 15 is 0 Å². The maximum Gasteiger partial charge on any atom is 0.264 e. The van der Waals surface area contributed by atoms with Crippen molar-refractivity contribution in [2.45, 2.75) is 18.7 Å². The van der Waals surface area contributed by atoms with Crippen LogP contribution < -0.4 is 9.62 Å². The van der Waals surface area contributed by atoms with Crippen LogP contribution >= 0.6 is 23.2 Å². The Kier molecular flexibility index (Phi) is 6.71. The molecule has 156 valence electrons. The van der Waals surface area contributed by atoms with Crippen molar-refractivity contribution in [2.24, 2.45) is 0 Å². The average Bonchev–Trinajstić information content (AvgIpc) is 2.72. The molecule has 0 fully saturated rings. The zero-order valence-electron chi connectivity index (χ0n) is 16.4. The van der Waals surface area contributed by atoms with E-state index in [4.69, 9.17) is 23.2 Å². The van der Waals surface area contributed by atoms with Crippen LogP contribution in [0.4, 0.5) is 11.4 Å². The summed E-state index contributed by atoms with van der Waals surface area (Å²) >= 11 is 12.1. The summed E-state index contributed by atoms with van der Waals surface area (Å²) in [4.78, 5) is 12.9. The van der Waals surface area contributed by atoms with Gasteiger partial charge in [-0.25, -0.2) is 8.42 Å². The van der Waals surface area contributed by atoms with E-state index in [1.807, 2.05) is 19.9 Å². The summed E-state index contributed by atoms with van der Waals surface area (Å²) in [5.74, 6) is -0.545. The molecule has 0 spiro atoms. The summed E-state index contributed by atoms with van der Waals surface area (Å²) in [7, 11) is -3.98. The molecule has 1 N–H and O–H groups in total. The van der Waals surface area contributed by atoms with Crippen molar-refractivity contribution in [3.8, 4) is 0 Å². The second-order valence-electron chi connectivity index (χ2n) is 6.74. The largest absolute Gasteiger partial charge is 0.323 e. The Labute approximate surface area is 186 Å². The molecule has 0 heterocycles. The highest BCUT2D eigenvalue weighted by Gasteiger charge is 2.27. The Morgan fingerprint density at radius 1 is 0.933 bits per heavy atom. The van der Waals surface area contributed by atoms with Gasteiger partial charge in [-0.2, -0.15) is 0 Å². The molecule has 5 nitrogen and oxygen atoms in total. The summed E-state index contributed by atoms with van der Waals surface area (Å²) in [5.41, 5.74) is 2.64. The number of carbonyl (C=O) groups is 1. The predicted molar refractivity (Wildman–Crippen MR) is 122 cm³/mol. The van der Waals surface area contributed by atoms with Gasteiger partial charge in [-0.15, -0.1) is 0 Å². The van der Waals surface area contributed by atoms with Gasteiger partial charge in [-0.05, 0) is 61.4 Å². The number of anilines is 2. The minimum absolute atomic E-state index is 0.0943. The van der Waals surface area contributed by atoms with Crippen LogP contribution in [-0.2, 0) is 14.8 Å². The number of amides is 1. The lowest BCUT2D eigenvalue weighted by atomic mass is 10.1. The minimum Gasteiger partial charge on any atom is -0.323 e. The highest BCUT2D eigenvalue weighted by atomic mass is 35.5. The second kappa shape index (κ2) is 9.08. The molecule has 0 aliphatic carbocycles. The van der Waals surface area contributed by atoms with Crippen molar-refractivity contribution in [1.82, 2.24) is 0 Å². The Hall–Kier alpha value is -2.54. The molecule has 0 aliphatic rings. The van der Waals surface area contributed by atoms with Crippen molar-refractivity contribution in [2.75, 3.05) is 16.2 Å². The smallest absolute Gasteiger partial charge is 0.264 e. The number of nitrogens with zero attached hydrogens (tertiary/aromatic N) is 1. The predicted octanol–water partition coefficient (Wildman–Crippen LogP) is 5.44. The molecular formula is C22H20Cl2N2O3S. The van der Waals surface area contributed by atoms with Gasteiger partial charge in [-0.3, -0.25) is 9.10 Å². The molecule has 0 aliphatic heterocycles. The SMILES string of the molecule is Cc1ccc(N(CC(=O)Nc2cccc(Cl)c2Cl)S(=O)(=O)c2ccccc2)cc1C. The van der Waals surface area contributed by atoms with Crippen LogP contribution in [0.1, 0.15) is 11.1 Å². The van der Waals surface area contributed by atoms with Crippen LogP contribution in [-0.4, -0.2) is 20.9 Å². The van der Waals surface area contributed by atoms with E-state index in [1.54, 1.807) is 48.5 Å². The Morgan fingerprint density at radius 2 is 1.63 bits per heavy atom. The number of sulfonamides is 1. The number of aryl methyl sites for hydroxylation is 2. The van der Waals surface area contributed by atoms with Gasteiger partial charge in [0.2, 0.25) is 5.91 Å². The lowest BCUT2D eigenvalue weighted by Gasteiger charge is -2.25. The molecule has 0 atom stereocenters. The van der Waals surface area contributed by atoms with Crippen LogP contribution in [0.15, 0.2) is 71.6 Å². The van der Waals surface area contributed by atoms with Crippen LogP contribution in [0.3, 0.4) is 0 Å². The van der Waals surface area contributed by atoms with Gasteiger partial charge in [-0.1, -0.05) is 53.5 Å². The Morgan fingerprint density at radius 3 is 2.30 bits per heavy atom.